The number of hydrogen-bond donors (Lipinski definition) is 1. The Hall–Kier alpha value is -3.42. The van der Waals surface area contributed by atoms with Gasteiger partial charge >= 0.3 is 5.69 Å². The molecule has 126 valence electrons. The van der Waals surface area contributed by atoms with E-state index in [9.17, 15) is 4.79 Å². The van der Waals surface area contributed by atoms with Crippen LogP contribution < -0.4 is 15.2 Å². The van der Waals surface area contributed by atoms with Gasteiger partial charge in [0.05, 0.1) is 19.2 Å². The lowest BCUT2D eigenvalue weighted by molar-refractivity contribution is 0.343. The van der Waals surface area contributed by atoms with Crippen molar-refractivity contribution >= 4 is 22.2 Å². The fourth-order valence-electron chi connectivity index (χ4n) is 2.77. The molecule has 0 aliphatic rings. The van der Waals surface area contributed by atoms with Crippen LogP contribution in [0.25, 0.3) is 28.0 Å². The number of methoxy groups -OCH3 is 1. The average molecular weight is 337 g/mol. The molecule has 0 saturated carbocycles. The van der Waals surface area contributed by atoms with Crippen molar-refractivity contribution in [3.63, 3.8) is 0 Å². The topological polar surface area (TPSA) is 94.9 Å². The van der Waals surface area contributed by atoms with Crippen LogP contribution >= 0.6 is 0 Å². The van der Waals surface area contributed by atoms with Crippen molar-refractivity contribution in [2.45, 2.75) is 6.92 Å². The van der Waals surface area contributed by atoms with Gasteiger partial charge in [-0.3, -0.25) is 9.97 Å². The van der Waals surface area contributed by atoms with Crippen LogP contribution in [0.2, 0.25) is 0 Å². The Labute approximate surface area is 142 Å². The van der Waals surface area contributed by atoms with Crippen LogP contribution in [-0.2, 0) is 0 Å². The molecule has 4 aromatic rings. The molecular weight excluding hydrogens is 322 g/mol. The fourth-order valence-corrected chi connectivity index (χ4v) is 2.77. The van der Waals surface area contributed by atoms with Gasteiger partial charge in [0.1, 0.15) is 28.4 Å². The Bertz CT molecular complexity index is 1130. The quantitative estimate of drug-likeness (QED) is 0.612. The first kappa shape index (κ1) is 15.1. The fraction of sp³-hybridized carbons (Fsp3) is 0.176. The molecule has 8 heteroatoms. The normalized spacial score (nSPS) is 11.1. The average Bonchev–Trinajstić information content (AvgIpc) is 2.98. The minimum absolute atomic E-state index is 0.343. The van der Waals surface area contributed by atoms with Crippen molar-refractivity contribution in [2.75, 3.05) is 13.7 Å². The number of aromatic nitrogens is 5. The molecule has 4 heterocycles. The highest BCUT2D eigenvalue weighted by Gasteiger charge is 2.16. The van der Waals surface area contributed by atoms with E-state index >= 15 is 0 Å². The van der Waals surface area contributed by atoms with E-state index in [0.717, 1.165) is 0 Å². The van der Waals surface area contributed by atoms with Crippen LogP contribution in [-0.4, -0.2) is 38.2 Å². The number of rotatable bonds is 4. The molecule has 1 N–H and O–H groups in total. The summed E-state index contributed by atoms with van der Waals surface area (Å²) in [5.41, 5.74) is 1.90. The third-order valence-electron chi connectivity index (χ3n) is 3.82. The molecule has 0 amide bonds. The maximum atomic E-state index is 12.5. The lowest BCUT2D eigenvalue weighted by Crippen LogP contribution is -2.16. The molecule has 25 heavy (non-hydrogen) atoms. The predicted molar refractivity (Wildman–Crippen MR) is 92.5 cm³/mol. The molecule has 0 radical (unpaired) electrons. The molecule has 8 nitrogen and oxygen atoms in total. The van der Waals surface area contributed by atoms with Crippen LogP contribution in [0.5, 0.6) is 11.5 Å². The first-order valence-electron chi connectivity index (χ1n) is 7.75. The molecule has 0 aromatic carbocycles. The molecule has 0 bridgehead atoms. The van der Waals surface area contributed by atoms with Crippen LogP contribution in [0.15, 0.2) is 41.5 Å². The number of pyridine rings is 3. The largest absolute Gasteiger partial charge is 0.494 e. The zero-order valence-corrected chi connectivity index (χ0v) is 13.7. The second-order valence-corrected chi connectivity index (χ2v) is 5.26. The molecule has 0 atom stereocenters. The van der Waals surface area contributed by atoms with Crippen LogP contribution in [0, 0.1) is 0 Å². The van der Waals surface area contributed by atoms with E-state index in [1.807, 2.05) is 6.92 Å². The summed E-state index contributed by atoms with van der Waals surface area (Å²) in [6.45, 7) is 2.35. The van der Waals surface area contributed by atoms with Gasteiger partial charge in [0.15, 0.2) is 5.65 Å². The van der Waals surface area contributed by atoms with Gasteiger partial charge < -0.3 is 9.47 Å². The van der Waals surface area contributed by atoms with E-state index in [1.54, 1.807) is 43.8 Å². The predicted octanol–water partition coefficient (Wildman–Crippen LogP) is 2.06. The molecule has 0 aliphatic carbocycles. The van der Waals surface area contributed by atoms with Crippen LogP contribution in [0.1, 0.15) is 6.92 Å². The number of aromatic amines is 1. The maximum absolute atomic E-state index is 12.5. The summed E-state index contributed by atoms with van der Waals surface area (Å²) >= 11 is 0. The van der Waals surface area contributed by atoms with E-state index in [-0.39, 0.29) is 5.69 Å². The Morgan fingerprint density at radius 1 is 1.12 bits per heavy atom. The number of hydrogen-bond acceptors (Lipinski definition) is 6. The maximum Gasteiger partial charge on any atom is 0.333 e. The van der Waals surface area contributed by atoms with E-state index in [4.69, 9.17) is 9.47 Å². The lowest BCUT2D eigenvalue weighted by atomic mass is 10.3. The molecule has 4 rings (SSSR count). The molecular formula is C17H15N5O3. The Balaban J connectivity index is 2.03. The number of imidazole rings is 1. The smallest absolute Gasteiger partial charge is 0.333 e. The minimum atomic E-state index is -0.343. The third-order valence-corrected chi connectivity index (χ3v) is 3.82. The van der Waals surface area contributed by atoms with Crippen LogP contribution in [0.3, 0.4) is 0 Å². The van der Waals surface area contributed by atoms with Gasteiger partial charge in [-0.1, -0.05) is 0 Å². The molecule has 0 saturated heterocycles. The van der Waals surface area contributed by atoms with Crippen molar-refractivity contribution < 1.29 is 9.47 Å². The van der Waals surface area contributed by atoms with E-state index in [2.05, 4.69) is 19.9 Å². The van der Waals surface area contributed by atoms with Crippen molar-refractivity contribution in [3.05, 3.63) is 47.1 Å². The Morgan fingerprint density at radius 2 is 1.92 bits per heavy atom. The van der Waals surface area contributed by atoms with Gasteiger partial charge in [0.25, 0.3) is 0 Å². The van der Waals surface area contributed by atoms with Gasteiger partial charge in [-0.25, -0.2) is 19.3 Å². The first-order valence-corrected chi connectivity index (χ1v) is 7.75. The molecule has 0 aliphatic heterocycles. The van der Waals surface area contributed by atoms with E-state index in [1.165, 1.54) is 4.57 Å². The highest BCUT2D eigenvalue weighted by molar-refractivity contribution is 5.83. The van der Waals surface area contributed by atoms with Gasteiger partial charge in [-0.15, -0.1) is 0 Å². The van der Waals surface area contributed by atoms with Crippen molar-refractivity contribution in [1.82, 2.24) is 24.5 Å². The van der Waals surface area contributed by atoms with Crippen molar-refractivity contribution in [3.8, 4) is 17.3 Å². The zero-order chi connectivity index (χ0) is 17.4. The SMILES string of the molecule is CCOc1ccnc2[nH]c(=O)n(-c3ccc4nccc(OC)c4n3)c12. The summed E-state index contributed by atoms with van der Waals surface area (Å²) in [6, 6.07) is 6.97. The lowest BCUT2D eigenvalue weighted by Gasteiger charge is -2.09. The molecule has 0 spiro atoms. The summed E-state index contributed by atoms with van der Waals surface area (Å²) in [6.07, 6.45) is 3.24. The van der Waals surface area contributed by atoms with Gasteiger partial charge in [-0.05, 0) is 19.1 Å². The summed E-state index contributed by atoms with van der Waals surface area (Å²) < 4.78 is 12.4. The van der Waals surface area contributed by atoms with Crippen LogP contribution in [0.4, 0.5) is 0 Å². The number of ether oxygens (including phenoxy) is 2. The Morgan fingerprint density at radius 3 is 2.72 bits per heavy atom. The Kier molecular flexibility index (Phi) is 3.57. The molecule has 0 unspecified atom stereocenters. The summed E-state index contributed by atoms with van der Waals surface area (Å²) in [7, 11) is 1.57. The highest BCUT2D eigenvalue weighted by Crippen LogP contribution is 2.26. The van der Waals surface area contributed by atoms with Gasteiger partial charge in [0.2, 0.25) is 0 Å². The minimum Gasteiger partial charge on any atom is -0.494 e. The van der Waals surface area contributed by atoms with Crippen molar-refractivity contribution in [1.29, 1.82) is 0 Å². The summed E-state index contributed by atoms with van der Waals surface area (Å²) in [4.78, 5) is 28.3. The summed E-state index contributed by atoms with van der Waals surface area (Å²) in [5.74, 6) is 1.58. The van der Waals surface area contributed by atoms with E-state index < -0.39 is 0 Å². The monoisotopic (exact) mass is 337 g/mol. The highest BCUT2D eigenvalue weighted by atomic mass is 16.5. The third kappa shape index (κ3) is 2.38. The second kappa shape index (κ2) is 5.90. The number of fused-ring (bicyclic) bond motifs is 2. The van der Waals surface area contributed by atoms with Crippen molar-refractivity contribution in [2.24, 2.45) is 0 Å². The summed E-state index contributed by atoms with van der Waals surface area (Å²) in [5, 5.41) is 0. The zero-order valence-electron chi connectivity index (χ0n) is 13.7. The first-order chi connectivity index (χ1) is 12.2. The van der Waals surface area contributed by atoms with Gasteiger partial charge in [0, 0.05) is 24.5 Å². The molecule has 0 fully saturated rings. The number of nitrogens with zero attached hydrogens (tertiary/aromatic N) is 4. The van der Waals surface area contributed by atoms with Gasteiger partial charge in [-0.2, -0.15) is 0 Å². The number of nitrogens with one attached hydrogen (secondary N) is 1. The second-order valence-electron chi connectivity index (χ2n) is 5.26. The van der Waals surface area contributed by atoms with E-state index in [0.29, 0.717) is 46.1 Å². The standard InChI is InChI=1S/C17H15N5O3/c1-3-25-12-7-9-19-16-15(12)22(17(23)21-16)13-5-4-10-14(20-13)11(24-2)6-8-18-10/h4-9H,3H2,1-2H3,(H,19,21,23). The molecule has 4 aromatic heterocycles. The number of H-pyrrole nitrogens is 1.